The van der Waals surface area contributed by atoms with Crippen LogP contribution >= 0.6 is 0 Å². The van der Waals surface area contributed by atoms with Crippen LogP contribution in [0.25, 0.3) is 0 Å². The summed E-state index contributed by atoms with van der Waals surface area (Å²) in [5, 5.41) is 15.7. The Morgan fingerprint density at radius 2 is 2.00 bits per heavy atom. The van der Waals surface area contributed by atoms with Gasteiger partial charge in [0.05, 0.1) is 5.69 Å². The zero-order chi connectivity index (χ0) is 14.9. The van der Waals surface area contributed by atoms with Crippen LogP contribution in [0.4, 0.5) is 0 Å². The van der Waals surface area contributed by atoms with E-state index in [4.69, 9.17) is 9.52 Å². The number of hydrogen-bond donors (Lipinski definition) is 2. The molecule has 0 aliphatic carbocycles. The molecule has 2 heterocycles. The van der Waals surface area contributed by atoms with Gasteiger partial charge >= 0.3 is 5.97 Å². The smallest absolute Gasteiger partial charge is 0.371 e. The molecule has 0 atom stereocenters. The van der Waals surface area contributed by atoms with Gasteiger partial charge in [-0.2, -0.15) is 5.10 Å². The number of nitrogens with zero attached hydrogens (tertiary/aromatic N) is 2. The molecule has 2 aromatic heterocycles. The fraction of sp³-hybridized carbons (Fsp3) is 0.308. The van der Waals surface area contributed by atoms with Crippen molar-refractivity contribution in [1.82, 2.24) is 15.1 Å². The molecule has 0 bridgehead atoms. The molecule has 106 valence electrons. The molecule has 7 nitrogen and oxygen atoms in total. The van der Waals surface area contributed by atoms with E-state index in [0.717, 1.165) is 17.0 Å². The second kappa shape index (κ2) is 5.20. The molecule has 0 radical (unpaired) electrons. The fourth-order valence-electron chi connectivity index (χ4n) is 1.90. The predicted molar refractivity (Wildman–Crippen MR) is 69.5 cm³/mol. The number of amides is 1. The summed E-state index contributed by atoms with van der Waals surface area (Å²) in [4.78, 5) is 22.5. The Kier molecular flexibility index (Phi) is 3.60. The predicted octanol–water partition coefficient (Wildman–Crippen LogP) is 1.26. The minimum absolute atomic E-state index is 0.0263. The molecule has 1 amide bonds. The number of furan rings is 1. The molecule has 7 heteroatoms. The number of aromatic carboxylic acids is 1. The van der Waals surface area contributed by atoms with Gasteiger partial charge in [-0.15, -0.1) is 0 Å². The van der Waals surface area contributed by atoms with Crippen molar-refractivity contribution >= 4 is 11.9 Å². The highest BCUT2D eigenvalue weighted by Gasteiger charge is 2.16. The van der Waals surface area contributed by atoms with Crippen LogP contribution in [0.5, 0.6) is 0 Å². The lowest BCUT2D eigenvalue weighted by molar-refractivity contribution is 0.0659. The second-order valence-electron chi connectivity index (χ2n) is 4.42. The number of carboxylic acid groups (broad SMARTS) is 1. The number of aromatic nitrogens is 2. The highest BCUT2D eigenvalue weighted by molar-refractivity contribution is 5.93. The number of rotatable bonds is 4. The van der Waals surface area contributed by atoms with Crippen molar-refractivity contribution in [3.8, 4) is 0 Å². The topological polar surface area (TPSA) is 97.4 Å². The van der Waals surface area contributed by atoms with Gasteiger partial charge in [0.25, 0.3) is 5.91 Å². The van der Waals surface area contributed by atoms with Crippen molar-refractivity contribution in [2.45, 2.75) is 20.4 Å². The molecule has 0 spiro atoms. The first-order valence-corrected chi connectivity index (χ1v) is 6.00. The van der Waals surface area contributed by atoms with Gasteiger partial charge in [0, 0.05) is 24.8 Å². The SMILES string of the molecule is Cc1nn(C)c(C)c1CNC(=O)c1ccc(C(=O)O)o1. The molecular formula is C13H15N3O4. The van der Waals surface area contributed by atoms with E-state index in [-0.39, 0.29) is 11.5 Å². The van der Waals surface area contributed by atoms with Crippen LogP contribution in [0.2, 0.25) is 0 Å². The Labute approximate surface area is 115 Å². The van der Waals surface area contributed by atoms with Gasteiger partial charge in [0.2, 0.25) is 5.76 Å². The van der Waals surface area contributed by atoms with Crippen molar-refractivity contribution in [2.75, 3.05) is 0 Å². The number of nitrogens with one attached hydrogen (secondary N) is 1. The third-order valence-corrected chi connectivity index (χ3v) is 3.13. The molecule has 0 unspecified atom stereocenters. The summed E-state index contributed by atoms with van der Waals surface area (Å²) in [6, 6.07) is 2.58. The van der Waals surface area contributed by atoms with Gasteiger partial charge in [0.15, 0.2) is 5.76 Å². The molecule has 2 aromatic rings. The average molecular weight is 277 g/mol. The standard InChI is InChI=1S/C13H15N3O4/c1-7-9(8(2)16(3)15-7)6-14-12(17)10-4-5-11(20-10)13(18)19/h4-5H,6H2,1-3H3,(H,14,17)(H,18,19). The Balaban J connectivity index is 2.06. The van der Waals surface area contributed by atoms with Crippen LogP contribution < -0.4 is 5.32 Å². The first kappa shape index (κ1) is 13.9. The zero-order valence-corrected chi connectivity index (χ0v) is 11.4. The van der Waals surface area contributed by atoms with Gasteiger partial charge in [-0.25, -0.2) is 4.79 Å². The van der Waals surface area contributed by atoms with Gasteiger partial charge < -0.3 is 14.8 Å². The van der Waals surface area contributed by atoms with E-state index in [1.54, 1.807) is 4.68 Å². The number of carbonyl (C=O) groups excluding carboxylic acids is 1. The zero-order valence-electron chi connectivity index (χ0n) is 11.4. The minimum Gasteiger partial charge on any atom is -0.475 e. The van der Waals surface area contributed by atoms with E-state index < -0.39 is 11.9 Å². The van der Waals surface area contributed by atoms with Crippen molar-refractivity contribution in [1.29, 1.82) is 0 Å². The van der Waals surface area contributed by atoms with Gasteiger partial charge in [-0.3, -0.25) is 9.48 Å². The summed E-state index contributed by atoms with van der Waals surface area (Å²) in [6.45, 7) is 4.09. The van der Waals surface area contributed by atoms with Gasteiger partial charge in [-0.1, -0.05) is 0 Å². The maximum atomic E-state index is 11.9. The van der Waals surface area contributed by atoms with Crippen molar-refractivity contribution in [2.24, 2.45) is 7.05 Å². The second-order valence-corrected chi connectivity index (χ2v) is 4.42. The molecule has 0 aliphatic heterocycles. The van der Waals surface area contributed by atoms with Crippen LogP contribution in [0.1, 0.15) is 38.1 Å². The summed E-state index contributed by atoms with van der Waals surface area (Å²) in [5.74, 6) is -1.95. The molecule has 2 rings (SSSR count). The fourth-order valence-corrected chi connectivity index (χ4v) is 1.90. The molecule has 0 aliphatic rings. The van der Waals surface area contributed by atoms with Crippen LogP contribution in [-0.4, -0.2) is 26.8 Å². The maximum absolute atomic E-state index is 11.9. The maximum Gasteiger partial charge on any atom is 0.371 e. The van der Waals surface area contributed by atoms with E-state index >= 15 is 0 Å². The lowest BCUT2D eigenvalue weighted by atomic mass is 10.2. The number of carboxylic acids is 1. The Bertz CT molecular complexity index is 669. The van der Waals surface area contributed by atoms with Gasteiger partial charge in [0.1, 0.15) is 0 Å². The van der Waals surface area contributed by atoms with Crippen molar-refractivity contribution in [3.63, 3.8) is 0 Å². The summed E-state index contributed by atoms with van der Waals surface area (Å²) in [7, 11) is 1.83. The lowest BCUT2D eigenvalue weighted by Gasteiger charge is -2.04. The summed E-state index contributed by atoms with van der Waals surface area (Å²) in [5.41, 5.74) is 2.75. The first-order valence-electron chi connectivity index (χ1n) is 6.00. The highest BCUT2D eigenvalue weighted by atomic mass is 16.4. The quantitative estimate of drug-likeness (QED) is 0.876. The van der Waals surface area contributed by atoms with E-state index in [2.05, 4.69) is 10.4 Å². The minimum atomic E-state index is -1.21. The first-order chi connectivity index (χ1) is 9.40. The van der Waals surface area contributed by atoms with Gasteiger partial charge in [-0.05, 0) is 26.0 Å². The van der Waals surface area contributed by atoms with Crippen LogP contribution in [-0.2, 0) is 13.6 Å². The Hall–Kier alpha value is -2.57. The molecule has 0 fully saturated rings. The van der Waals surface area contributed by atoms with E-state index in [1.807, 2.05) is 20.9 Å². The number of hydrogen-bond acceptors (Lipinski definition) is 4. The molecule has 0 aromatic carbocycles. The van der Waals surface area contributed by atoms with E-state index in [9.17, 15) is 9.59 Å². The highest BCUT2D eigenvalue weighted by Crippen LogP contribution is 2.12. The Morgan fingerprint density at radius 1 is 1.35 bits per heavy atom. The molecule has 20 heavy (non-hydrogen) atoms. The molecule has 0 saturated heterocycles. The molecule has 0 saturated carbocycles. The van der Waals surface area contributed by atoms with E-state index in [0.29, 0.717) is 6.54 Å². The van der Waals surface area contributed by atoms with Crippen LogP contribution in [0, 0.1) is 13.8 Å². The lowest BCUT2D eigenvalue weighted by Crippen LogP contribution is -2.23. The average Bonchev–Trinajstić information content (AvgIpc) is 2.95. The largest absolute Gasteiger partial charge is 0.475 e. The van der Waals surface area contributed by atoms with Crippen molar-refractivity contribution < 1.29 is 19.1 Å². The third-order valence-electron chi connectivity index (χ3n) is 3.13. The van der Waals surface area contributed by atoms with Crippen molar-refractivity contribution in [3.05, 3.63) is 40.6 Å². The summed E-state index contributed by atoms with van der Waals surface area (Å²) >= 11 is 0. The Morgan fingerprint density at radius 3 is 2.50 bits per heavy atom. The summed E-state index contributed by atoms with van der Waals surface area (Å²) in [6.07, 6.45) is 0. The number of carbonyl (C=O) groups is 2. The molecule has 2 N–H and O–H groups in total. The summed E-state index contributed by atoms with van der Waals surface area (Å²) < 4.78 is 6.67. The normalized spacial score (nSPS) is 10.6. The monoisotopic (exact) mass is 277 g/mol. The number of aryl methyl sites for hydroxylation is 2. The molecular weight excluding hydrogens is 262 g/mol. The third kappa shape index (κ3) is 2.56. The van der Waals surface area contributed by atoms with Crippen LogP contribution in [0.15, 0.2) is 16.5 Å². The van der Waals surface area contributed by atoms with Crippen LogP contribution in [0.3, 0.4) is 0 Å². The van der Waals surface area contributed by atoms with E-state index in [1.165, 1.54) is 12.1 Å².